The van der Waals surface area contributed by atoms with Gasteiger partial charge in [0.15, 0.2) is 0 Å². The van der Waals surface area contributed by atoms with Crippen molar-refractivity contribution in [1.29, 1.82) is 0 Å². The van der Waals surface area contributed by atoms with Crippen LogP contribution in [-0.4, -0.2) is 36.1 Å². The summed E-state index contributed by atoms with van der Waals surface area (Å²) in [6, 6.07) is 0.767. The largest absolute Gasteiger partial charge is 0.308 e. The lowest BCUT2D eigenvalue weighted by molar-refractivity contribution is 0.0391. The quantitative estimate of drug-likeness (QED) is 0.844. The van der Waals surface area contributed by atoms with Crippen molar-refractivity contribution in [2.45, 2.75) is 83.2 Å². The molecule has 2 aliphatic carbocycles. The molecule has 1 unspecified atom stereocenters. The van der Waals surface area contributed by atoms with Gasteiger partial charge in [-0.25, -0.2) is 0 Å². The molecule has 1 heterocycles. The van der Waals surface area contributed by atoms with E-state index in [9.17, 15) is 0 Å². The highest BCUT2D eigenvalue weighted by molar-refractivity contribution is 5.01. The Morgan fingerprint density at radius 1 is 1.05 bits per heavy atom. The lowest BCUT2D eigenvalue weighted by Crippen LogP contribution is -2.64. The third-order valence-electron chi connectivity index (χ3n) is 6.21. The van der Waals surface area contributed by atoms with E-state index in [0.717, 1.165) is 17.9 Å². The fraction of sp³-hybridized carbons (Fsp3) is 1.00. The first kappa shape index (κ1) is 14.8. The van der Waals surface area contributed by atoms with Crippen LogP contribution in [0.5, 0.6) is 0 Å². The van der Waals surface area contributed by atoms with E-state index in [0.29, 0.717) is 5.54 Å². The number of rotatable bonds is 3. The molecule has 1 spiro atoms. The summed E-state index contributed by atoms with van der Waals surface area (Å²) in [6.07, 6.45) is 13.1. The summed E-state index contributed by atoms with van der Waals surface area (Å²) in [5.41, 5.74) is 0.486. The number of hydrogen-bond acceptors (Lipinski definition) is 2. The minimum absolute atomic E-state index is 0.486. The van der Waals surface area contributed by atoms with Crippen LogP contribution in [0.25, 0.3) is 0 Å². The van der Waals surface area contributed by atoms with Gasteiger partial charge in [0.1, 0.15) is 0 Å². The van der Waals surface area contributed by atoms with Crippen molar-refractivity contribution in [3.05, 3.63) is 0 Å². The molecule has 2 heteroatoms. The third-order valence-corrected chi connectivity index (χ3v) is 6.21. The molecule has 116 valence electrons. The van der Waals surface area contributed by atoms with Crippen LogP contribution in [0.2, 0.25) is 0 Å². The van der Waals surface area contributed by atoms with Gasteiger partial charge >= 0.3 is 0 Å². The molecule has 1 aliphatic heterocycles. The average molecular weight is 278 g/mol. The van der Waals surface area contributed by atoms with Crippen molar-refractivity contribution in [2.24, 2.45) is 11.8 Å². The van der Waals surface area contributed by atoms with Gasteiger partial charge in [-0.15, -0.1) is 0 Å². The van der Waals surface area contributed by atoms with Crippen LogP contribution in [0.4, 0.5) is 0 Å². The van der Waals surface area contributed by atoms with Crippen molar-refractivity contribution in [3.63, 3.8) is 0 Å². The Morgan fingerprint density at radius 3 is 2.40 bits per heavy atom. The van der Waals surface area contributed by atoms with E-state index < -0.39 is 0 Å². The molecule has 1 saturated heterocycles. The zero-order chi connectivity index (χ0) is 14.0. The fourth-order valence-electron chi connectivity index (χ4n) is 4.96. The Labute approximate surface area is 125 Å². The predicted molar refractivity (Wildman–Crippen MR) is 86.0 cm³/mol. The number of piperazine rings is 1. The van der Waals surface area contributed by atoms with Crippen LogP contribution in [-0.2, 0) is 0 Å². The highest BCUT2D eigenvalue weighted by Crippen LogP contribution is 2.35. The van der Waals surface area contributed by atoms with Crippen LogP contribution < -0.4 is 5.32 Å². The highest BCUT2D eigenvalue weighted by atomic mass is 15.3. The van der Waals surface area contributed by atoms with Crippen LogP contribution in [0.15, 0.2) is 0 Å². The molecule has 0 radical (unpaired) electrons. The Hall–Kier alpha value is -0.0800. The monoisotopic (exact) mass is 278 g/mol. The smallest absolute Gasteiger partial charge is 0.0309 e. The number of hydrogen-bond donors (Lipinski definition) is 1. The second kappa shape index (κ2) is 6.36. The average Bonchev–Trinajstić information content (AvgIpc) is 2.88. The van der Waals surface area contributed by atoms with Gasteiger partial charge in [0, 0.05) is 31.2 Å². The first-order valence-electron chi connectivity index (χ1n) is 9.18. The first-order chi connectivity index (χ1) is 9.69. The van der Waals surface area contributed by atoms with Gasteiger partial charge in [0.05, 0.1) is 0 Å². The van der Waals surface area contributed by atoms with Crippen LogP contribution in [0.1, 0.15) is 71.6 Å². The predicted octanol–water partition coefficient (Wildman–Crippen LogP) is 3.81. The van der Waals surface area contributed by atoms with Crippen LogP contribution >= 0.6 is 0 Å². The Bertz CT molecular complexity index is 301. The standard InChI is InChI=1S/C18H34N2/c1-15(2)17-12-19-18(10-6-7-11-18)14-20(17)13-16-8-4-3-5-9-16/h15-17,19H,3-14H2,1-2H3. The maximum absolute atomic E-state index is 3.95. The molecule has 0 aromatic heterocycles. The van der Waals surface area contributed by atoms with Gasteiger partial charge in [-0.3, -0.25) is 4.90 Å². The maximum atomic E-state index is 3.95. The number of nitrogens with one attached hydrogen (secondary N) is 1. The first-order valence-corrected chi connectivity index (χ1v) is 9.18. The summed E-state index contributed by atoms with van der Waals surface area (Å²) in [6.45, 7) is 8.75. The molecule has 3 rings (SSSR count). The summed E-state index contributed by atoms with van der Waals surface area (Å²) in [5.74, 6) is 1.77. The molecule has 0 aromatic rings. The summed E-state index contributed by atoms with van der Waals surface area (Å²) in [5, 5.41) is 3.95. The van der Waals surface area contributed by atoms with E-state index >= 15 is 0 Å². The molecular weight excluding hydrogens is 244 g/mol. The van der Waals surface area contributed by atoms with E-state index in [1.165, 1.54) is 77.4 Å². The Balaban J connectivity index is 1.65. The third kappa shape index (κ3) is 3.22. The van der Waals surface area contributed by atoms with Gasteiger partial charge in [0.25, 0.3) is 0 Å². The normalized spacial score (nSPS) is 32.2. The van der Waals surface area contributed by atoms with Crippen molar-refractivity contribution < 1.29 is 0 Å². The second-order valence-electron chi connectivity index (χ2n) is 8.11. The zero-order valence-electron chi connectivity index (χ0n) is 13.7. The highest BCUT2D eigenvalue weighted by Gasteiger charge is 2.42. The van der Waals surface area contributed by atoms with Gasteiger partial charge < -0.3 is 5.32 Å². The Morgan fingerprint density at radius 2 is 1.75 bits per heavy atom. The molecule has 3 fully saturated rings. The molecule has 1 N–H and O–H groups in total. The maximum Gasteiger partial charge on any atom is 0.0309 e. The lowest BCUT2D eigenvalue weighted by atomic mass is 9.85. The summed E-state index contributed by atoms with van der Waals surface area (Å²) in [4.78, 5) is 2.89. The lowest BCUT2D eigenvalue weighted by Gasteiger charge is -2.49. The topological polar surface area (TPSA) is 15.3 Å². The van der Waals surface area contributed by atoms with Crippen LogP contribution in [0, 0.1) is 11.8 Å². The molecule has 2 nitrogen and oxygen atoms in total. The molecule has 0 amide bonds. The zero-order valence-corrected chi connectivity index (χ0v) is 13.7. The van der Waals surface area contributed by atoms with Crippen molar-refractivity contribution in [3.8, 4) is 0 Å². The molecule has 20 heavy (non-hydrogen) atoms. The van der Waals surface area contributed by atoms with Crippen molar-refractivity contribution >= 4 is 0 Å². The fourth-order valence-corrected chi connectivity index (χ4v) is 4.96. The molecule has 2 saturated carbocycles. The summed E-state index contributed by atoms with van der Waals surface area (Å²) in [7, 11) is 0. The minimum atomic E-state index is 0.486. The van der Waals surface area contributed by atoms with Crippen LogP contribution in [0.3, 0.4) is 0 Å². The van der Waals surface area contributed by atoms with E-state index in [4.69, 9.17) is 0 Å². The molecule has 0 bridgehead atoms. The van der Waals surface area contributed by atoms with Gasteiger partial charge in [0.2, 0.25) is 0 Å². The van der Waals surface area contributed by atoms with E-state index in [1.54, 1.807) is 0 Å². The second-order valence-corrected chi connectivity index (χ2v) is 8.11. The summed E-state index contributed by atoms with van der Waals surface area (Å²) >= 11 is 0. The van der Waals surface area contributed by atoms with Gasteiger partial charge in [-0.2, -0.15) is 0 Å². The van der Waals surface area contributed by atoms with E-state index in [2.05, 4.69) is 24.1 Å². The molecular formula is C18H34N2. The van der Waals surface area contributed by atoms with Gasteiger partial charge in [-0.05, 0) is 37.5 Å². The number of nitrogens with zero attached hydrogens (tertiary/aromatic N) is 1. The molecule has 3 aliphatic rings. The minimum Gasteiger partial charge on any atom is -0.308 e. The SMILES string of the molecule is CC(C)C1CNC2(CCCC2)CN1CC1CCCCC1. The Kier molecular flexibility index (Phi) is 4.72. The van der Waals surface area contributed by atoms with Crippen molar-refractivity contribution in [2.75, 3.05) is 19.6 Å². The molecule has 1 atom stereocenters. The molecule has 0 aromatic carbocycles. The van der Waals surface area contributed by atoms with Crippen molar-refractivity contribution in [1.82, 2.24) is 10.2 Å². The van der Waals surface area contributed by atoms with Gasteiger partial charge in [-0.1, -0.05) is 46.0 Å². The van der Waals surface area contributed by atoms with E-state index in [-0.39, 0.29) is 0 Å². The van der Waals surface area contributed by atoms with E-state index in [1.807, 2.05) is 0 Å². The summed E-state index contributed by atoms with van der Waals surface area (Å²) < 4.78 is 0.